The van der Waals surface area contributed by atoms with Crippen molar-refractivity contribution >= 4 is 10.9 Å². The summed E-state index contributed by atoms with van der Waals surface area (Å²) in [7, 11) is 0. The molecular weight excluding hydrogens is 292 g/mol. The van der Waals surface area contributed by atoms with Crippen molar-refractivity contribution in [2.45, 2.75) is 52.9 Å². The summed E-state index contributed by atoms with van der Waals surface area (Å²) in [4.78, 5) is 9.55. The van der Waals surface area contributed by atoms with E-state index in [2.05, 4.69) is 50.9 Å². The van der Waals surface area contributed by atoms with E-state index in [1.165, 1.54) is 34.9 Å². The summed E-state index contributed by atoms with van der Waals surface area (Å²) in [6.07, 6.45) is 5.33. The molecule has 0 bridgehead atoms. The Morgan fingerprint density at radius 3 is 2.54 bits per heavy atom. The van der Waals surface area contributed by atoms with E-state index in [9.17, 15) is 0 Å². The number of unbranched alkanes of at least 4 members (excludes halogenated alkanes) is 1. The Bertz CT molecular complexity index is 835. The molecule has 0 unspecified atom stereocenters. The zero-order valence-electron chi connectivity index (χ0n) is 15.1. The molecule has 3 aromatic rings. The van der Waals surface area contributed by atoms with Crippen LogP contribution in [0, 0.1) is 6.92 Å². The molecule has 0 fully saturated rings. The Morgan fingerprint density at radius 1 is 1.04 bits per heavy atom. The van der Waals surface area contributed by atoms with Gasteiger partial charge in [-0.25, -0.2) is 4.98 Å². The van der Waals surface area contributed by atoms with Crippen LogP contribution in [-0.4, -0.2) is 9.97 Å². The second-order valence-corrected chi connectivity index (χ2v) is 6.83. The van der Waals surface area contributed by atoms with Crippen molar-refractivity contribution < 1.29 is 0 Å². The monoisotopic (exact) mass is 318 g/mol. The van der Waals surface area contributed by atoms with Gasteiger partial charge in [0.15, 0.2) is 0 Å². The normalized spacial score (nSPS) is 11.4. The second kappa shape index (κ2) is 7.12. The highest BCUT2D eigenvalue weighted by molar-refractivity contribution is 5.88. The third kappa shape index (κ3) is 3.19. The SMILES string of the molecule is CCCCc1c(C)ccc2c(C(C)C)cc(-c3ccccn3)nc12. The lowest BCUT2D eigenvalue weighted by Crippen LogP contribution is -2.00. The Kier molecular flexibility index (Phi) is 4.94. The van der Waals surface area contributed by atoms with E-state index in [1.54, 1.807) is 0 Å². The van der Waals surface area contributed by atoms with Crippen LogP contribution in [0.2, 0.25) is 0 Å². The minimum atomic E-state index is 0.458. The Morgan fingerprint density at radius 2 is 1.88 bits per heavy atom. The Balaban J connectivity index is 2.29. The number of fused-ring (bicyclic) bond motifs is 1. The molecule has 1 aromatic carbocycles. The fourth-order valence-corrected chi connectivity index (χ4v) is 3.27. The molecule has 0 spiro atoms. The molecule has 0 aliphatic carbocycles. The van der Waals surface area contributed by atoms with Crippen LogP contribution in [0.1, 0.15) is 56.2 Å². The molecule has 0 saturated heterocycles. The van der Waals surface area contributed by atoms with Crippen molar-refractivity contribution in [3.8, 4) is 11.4 Å². The molecule has 3 rings (SSSR count). The highest BCUT2D eigenvalue weighted by Crippen LogP contribution is 2.32. The van der Waals surface area contributed by atoms with E-state index in [0.29, 0.717) is 5.92 Å². The van der Waals surface area contributed by atoms with E-state index in [-0.39, 0.29) is 0 Å². The van der Waals surface area contributed by atoms with Gasteiger partial charge in [0.2, 0.25) is 0 Å². The van der Waals surface area contributed by atoms with Gasteiger partial charge in [0.1, 0.15) is 0 Å². The number of hydrogen-bond acceptors (Lipinski definition) is 2. The molecule has 124 valence electrons. The van der Waals surface area contributed by atoms with E-state index in [4.69, 9.17) is 4.98 Å². The van der Waals surface area contributed by atoms with Crippen molar-refractivity contribution in [3.05, 3.63) is 59.3 Å². The average Bonchev–Trinajstić information content (AvgIpc) is 2.60. The smallest absolute Gasteiger partial charge is 0.0896 e. The maximum absolute atomic E-state index is 5.04. The van der Waals surface area contributed by atoms with Crippen LogP contribution in [0.15, 0.2) is 42.6 Å². The quantitative estimate of drug-likeness (QED) is 0.570. The van der Waals surface area contributed by atoms with E-state index in [1.807, 2.05) is 24.4 Å². The summed E-state index contributed by atoms with van der Waals surface area (Å²) in [5.41, 5.74) is 7.19. The van der Waals surface area contributed by atoms with Gasteiger partial charge in [-0.15, -0.1) is 0 Å². The lowest BCUT2D eigenvalue weighted by Gasteiger charge is -2.16. The van der Waals surface area contributed by atoms with Crippen LogP contribution in [-0.2, 0) is 6.42 Å². The molecule has 0 aliphatic rings. The third-order valence-electron chi connectivity index (χ3n) is 4.68. The number of nitrogens with zero attached hydrogens (tertiary/aromatic N) is 2. The minimum absolute atomic E-state index is 0.458. The van der Waals surface area contributed by atoms with Crippen LogP contribution in [0.5, 0.6) is 0 Å². The van der Waals surface area contributed by atoms with Gasteiger partial charge in [-0.2, -0.15) is 0 Å². The van der Waals surface area contributed by atoms with Gasteiger partial charge in [0.05, 0.1) is 16.9 Å². The van der Waals surface area contributed by atoms with Crippen LogP contribution in [0.25, 0.3) is 22.3 Å². The molecule has 2 heterocycles. The number of pyridine rings is 2. The van der Waals surface area contributed by atoms with Crippen LogP contribution in [0.4, 0.5) is 0 Å². The molecule has 2 aromatic heterocycles. The first kappa shape index (κ1) is 16.6. The van der Waals surface area contributed by atoms with Crippen molar-refractivity contribution in [2.24, 2.45) is 0 Å². The maximum atomic E-state index is 5.04. The largest absolute Gasteiger partial charge is 0.255 e. The highest BCUT2D eigenvalue weighted by atomic mass is 14.8. The lowest BCUT2D eigenvalue weighted by atomic mass is 9.92. The van der Waals surface area contributed by atoms with Crippen molar-refractivity contribution in [2.75, 3.05) is 0 Å². The molecule has 0 aliphatic heterocycles. The summed E-state index contributed by atoms with van der Waals surface area (Å²) in [6.45, 7) is 8.95. The van der Waals surface area contributed by atoms with Gasteiger partial charge >= 0.3 is 0 Å². The first-order chi connectivity index (χ1) is 11.6. The lowest BCUT2D eigenvalue weighted by molar-refractivity contribution is 0.793. The molecule has 24 heavy (non-hydrogen) atoms. The van der Waals surface area contributed by atoms with Crippen LogP contribution >= 0.6 is 0 Å². The molecule has 0 saturated carbocycles. The Hall–Kier alpha value is -2.22. The topological polar surface area (TPSA) is 25.8 Å². The van der Waals surface area contributed by atoms with Gasteiger partial charge in [-0.05, 0) is 60.6 Å². The summed E-state index contributed by atoms with van der Waals surface area (Å²) >= 11 is 0. The van der Waals surface area contributed by atoms with E-state index in [0.717, 1.165) is 23.3 Å². The number of rotatable bonds is 5. The van der Waals surface area contributed by atoms with Crippen molar-refractivity contribution in [1.29, 1.82) is 0 Å². The van der Waals surface area contributed by atoms with Crippen molar-refractivity contribution in [3.63, 3.8) is 0 Å². The zero-order chi connectivity index (χ0) is 17.1. The predicted octanol–water partition coefficient (Wildman–Crippen LogP) is 6.07. The maximum Gasteiger partial charge on any atom is 0.0896 e. The van der Waals surface area contributed by atoms with Gasteiger partial charge in [-0.1, -0.05) is 45.4 Å². The summed E-state index contributed by atoms with van der Waals surface area (Å²) in [6, 6.07) is 12.7. The van der Waals surface area contributed by atoms with Gasteiger partial charge in [0.25, 0.3) is 0 Å². The van der Waals surface area contributed by atoms with Gasteiger partial charge in [0, 0.05) is 11.6 Å². The molecule has 0 atom stereocenters. The first-order valence-corrected chi connectivity index (χ1v) is 8.96. The number of aromatic nitrogens is 2. The number of aryl methyl sites for hydroxylation is 2. The fraction of sp³-hybridized carbons (Fsp3) is 0.364. The molecule has 0 N–H and O–H groups in total. The van der Waals surface area contributed by atoms with Crippen LogP contribution < -0.4 is 0 Å². The summed E-state index contributed by atoms with van der Waals surface area (Å²) in [5.74, 6) is 0.458. The van der Waals surface area contributed by atoms with E-state index >= 15 is 0 Å². The number of hydrogen-bond donors (Lipinski definition) is 0. The molecule has 0 amide bonds. The Labute approximate surface area is 145 Å². The minimum Gasteiger partial charge on any atom is -0.255 e. The molecule has 0 radical (unpaired) electrons. The zero-order valence-corrected chi connectivity index (χ0v) is 15.1. The average molecular weight is 318 g/mol. The van der Waals surface area contributed by atoms with Crippen molar-refractivity contribution in [1.82, 2.24) is 9.97 Å². The second-order valence-electron chi connectivity index (χ2n) is 6.83. The first-order valence-electron chi connectivity index (χ1n) is 8.96. The van der Waals surface area contributed by atoms with E-state index < -0.39 is 0 Å². The standard InChI is InChI=1S/C22H26N2/c1-5-6-9-17-16(4)11-12-18-19(15(2)3)14-21(24-22(17)18)20-10-7-8-13-23-20/h7-8,10-15H,5-6,9H2,1-4H3. The fourth-order valence-electron chi connectivity index (χ4n) is 3.27. The molecular formula is C22H26N2. The van der Waals surface area contributed by atoms with Gasteiger partial charge in [-0.3, -0.25) is 4.98 Å². The van der Waals surface area contributed by atoms with Crippen LogP contribution in [0.3, 0.4) is 0 Å². The van der Waals surface area contributed by atoms with Gasteiger partial charge < -0.3 is 0 Å². The molecule has 2 heteroatoms. The predicted molar refractivity (Wildman–Crippen MR) is 102 cm³/mol. The number of benzene rings is 1. The third-order valence-corrected chi connectivity index (χ3v) is 4.68. The summed E-state index contributed by atoms with van der Waals surface area (Å²) in [5, 5.41) is 1.29. The highest BCUT2D eigenvalue weighted by Gasteiger charge is 2.14. The molecule has 2 nitrogen and oxygen atoms in total. The summed E-state index contributed by atoms with van der Waals surface area (Å²) < 4.78 is 0.